The number of hydrogen-bond acceptors (Lipinski definition) is 3. The van der Waals surface area contributed by atoms with Gasteiger partial charge in [-0.05, 0) is 29.3 Å². The van der Waals surface area contributed by atoms with Crippen molar-refractivity contribution in [3.63, 3.8) is 0 Å². The number of rotatable bonds is 4. The summed E-state index contributed by atoms with van der Waals surface area (Å²) >= 11 is 3.48. The third-order valence-electron chi connectivity index (χ3n) is 3.91. The first-order valence-electron chi connectivity index (χ1n) is 7.38. The van der Waals surface area contributed by atoms with Crippen LogP contribution in [0.4, 0.5) is 0 Å². The van der Waals surface area contributed by atoms with E-state index in [2.05, 4.69) is 61.0 Å². The van der Waals surface area contributed by atoms with Gasteiger partial charge >= 0.3 is 0 Å². The maximum Gasteiger partial charge on any atom is 0.0312 e. The molecule has 4 heteroatoms. The van der Waals surface area contributed by atoms with Crippen LogP contribution in [0.1, 0.15) is 11.1 Å². The van der Waals surface area contributed by atoms with E-state index in [-0.39, 0.29) is 0 Å². The van der Waals surface area contributed by atoms with Crippen molar-refractivity contribution in [1.82, 2.24) is 14.8 Å². The van der Waals surface area contributed by atoms with Gasteiger partial charge in [-0.2, -0.15) is 0 Å². The van der Waals surface area contributed by atoms with Crippen molar-refractivity contribution in [3.05, 3.63) is 64.4 Å². The van der Waals surface area contributed by atoms with E-state index in [0.29, 0.717) is 0 Å². The number of nitrogens with zero attached hydrogens (tertiary/aromatic N) is 3. The lowest BCUT2D eigenvalue weighted by Gasteiger charge is -2.34. The van der Waals surface area contributed by atoms with Crippen molar-refractivity contribution in [2.75, 3.05) is 26.2 Å². The quantitative estimate of drug-likeness (QED) is 0.848. The van der Waals surface area contributed by atoms with E-state index < -0.39 is 0 Å². The molecule has 3 nitrogen and oxygen atoms in total. The molecule has 0 aliphatic carbocycles. The van der Waals surface area contributed by atoms with Gasteiger partial charge in [-0.1, -0.05) is 34.1 Å². The third-order valence-corrected chi connectivity index (χ3v) is 4.44. The van der Waals surface area contributed by atoms with Crippen molar-refractivity contribution in [2.24, 2.45) is 0 Å². The molecule has 3 rings (SSSR count). The lowest BCUT2D eigenvalue weighted by Crippen LogP contribution is -2.45. The first-order valence-corrected chi connectivity index (χ1v) is 8.17. The molecule has 0 amide bonds. The summed E-state index contributed by atoms with van der Waals surface area (Å²) in [5, 5.41) is 0. The van der Waals surface area contributed by atoms with Gasteiger partial charge in [0, 0.05) is 56.1 Å². The Kier molecular flexibility index (Phi) is 5.01. The number of piperazine rings is 1. The highest BCUT2D eigenvalue weighted by Crippen LogP contribution is 2.14. The van der Waals surface area contributed by atoms with E-state index in [0.717, 1.165) is 43.7 Å². The topological polar surface area (TPSA) is 19.4 Å². The molecule has 1 aromatic carbocycles. The summed E-state index contributed by atoms with van der Waals surface area (Å²) in [6, 6.07) is 12.8. The largest absolute Gasteiger partial charge is 0.297 e. The van der Waals surface area contributed by atoms with Crippen molar-refractivity contribution in [2.45, 2.75) is 13.1 Å². The van der Waals surface area contributed by atoms with E-state index in [1.54, 1.807) is 0 Å². The normalized spacial score (nSPS) is 17.0. The molecular formula is C17H20BrN3. The van der Waals surface area contributed by atoms with Crippen LogP contribution in [0.5, 0.6) is 0 Å². The smallest absolute Gasteiger partial charge is 0.0312 e. The highest BCUT2D eigenvalue weighted by molar-refractivity contribution is 9.10. The van der Waals surface area contributed by atoms with E-state index in [1.165, 1.54) is 11.1 Å². The maximum atomic E-state index is 4.19. The predicted octanol–water partition coefficient (Wildman–Crippen LogP) is 3.16. The summed E-state index contributed by atoms with van der Waals surface area (Å²) in [5.74, 6) is 0. The summed E-state index contributed by atoms with van der Waals surface area (Å²) in [7, 11) is 0. The van der Waals surface area contributed by atoms with Crippen LogP contribution in [0, 0.1) is 0 Å². The minimum absolute atomic E-state index is 1.01. The lowest BCUT2D eigenvalue weighted by molar-refractivity contribution is 0.122. The van der Waals surface area contributed by atoms with Gasteiger partial charge in [0.2, 0.25) is 0 Å². The van der Waals surface area contributed by atoms with Gasteiger partial charge in [-0.25, -0.2) is 0 Å². The molecular weight excluding hydrogens is 326 g/mol. The van der Waals surface area contributed by atoms with Crippen LogP contribution in [0.25, 0.3) is 0 Å². The molecule has 0 spiro atoms. The van der Waals surface area contributed by atoms with Gasteiger partial charge in [0.1, 0.15) is 0 Å². The molecule has 0 N–H and O–H groups in total. The molecule has 110 valence electrons. The minimum atomic E-state index is 1.01. The number of halogens is 1. The van der Waals surface area contributed by atoms with Crippen LogP contribution in [-0.4, -0.2) is 41.0 Å². The summed E-state index contributed by atoms with van der Waals surface area (Å²) in [6.45, 7) is 6.59. The van der Waals surface area contributed by atoms with Crippen LogP contribution in [0.2, 0.25) is 0 Å². The van der Waals surface area contributed by atoms with Crippen LogP contribution in [-0.2, 0) is 13.1 Å². The monoisotopic (exact) mass is 345 g/mol. The summed E-state index contributed by atoms with van der Waals surface area (Å²) < 4.78 is 1.15. The third kappa shape index (κ3) is 4.37. The zero-order valence-corrected chi connectivity index (χ0v) is 13.7. The molecule has 0 bridgehead atoms. The fourth-order valence-electron chi connectivity index (χ4n) is 2.70. The van der Waals surface area contributed by atoms with Crippen LogP contribution >= 0.6 is 15.9 Å². The minimum Gasteiger partial charge on any atom is -0.297 e. The van der Waals surface area contributed by atoms with E-state index >= 15 is 0 Å². The molecule has 1 aliphatic rings. The Morgan fingerprint density at radius 2 is 1.48 bits per heavy atom. The molecule has 1 aromatic heterocycles. The summed E-state index contributed by atoms with van der Waals surface area (Å²) in [6.07, 6.45) is 3.80. The van der Waals surface area contributed by atoms with E-state index in [4.69, 9.17) is 0 Å². The average molecular weight is 346 g/mol. The Hall–Kier alpha value is -1.23. The summed E-state index contributed by atoms with van der Waals surface area (Å²) in [5.41, 5.74) is 2.69. The zero-order valence-electron chi connectivity index (χ0n) is 12.1. The predicted molar refractivity (Wildman–Crippen MR) is 88.9 cm³/mol. The van der Waals surface area contributed by atoms with Gasteiger partial charge in [0.25, 0.3) is 0 Å². The second-order valence-corrected chi connectivity index (χ2v) is 6.46. The number of pyridine rings is 1. The van der Waals surface area contributed by atoms with Gasteiger partial charge in [-0.3, -0.25) is 14.8 Å². The molecule has 1 fully saturated rings. The second kappa shape index (κ2) is 7.16. The van der Waals surface area contributed by atoms with Gasteiger partial charge < -0.3 is 0 Å². The van der Waals surface area contributed by atoms with Gasteiger partial charge in [-0.15, -0.1) is 0 Å². The van der Waals surface area contributed by atoms with E-state index in [1.807, 2.05) is 18.5 Å². The zero-order chi connectivity index (χ0) is 14.5. The van der Waals surface area contributed by atoms with Crippen LogP contribution in [0.3, 0.4) is 0 Å². The molecule has 1 aliphatic heterocycles. The lowest BCUT2D eigenvalue weighted by atomic mass is 10.2. The second-order valence-electron chi connectivity index (χ2n) is 5.54. The van der Waals surface area contributed by atoms with Crippen molar-refractivity contribution < 1.29 is 0 Å². The molecule has 2 heterocycles. The molecule has 21 heavy (non-hydrogen) atoms. The Balaban J connectivity index is 1.47. The van der Waals surface area contributed by atoms with Crippen molar-refractivity contribution >= 4 is 15.9 Å². The van der Waals surface area contributed by atoms with Gasteiger partial charge in [0.15, 0.2) is 0 Å². The Bertz CT molecular complexity index is 548. The Morgan fingerprint density at radius 3 is 2.05 bits per heavy atom. The standard InChI is InChI=1S/C17H20BrN3/c18-17-5-3-15(4-6-17)13-20-8-10-21(11-9-20)14-16-2-1-7-19-12-16/h1-7,12H,8-11,13-14H2. The summed E-state index contributed by atoms with van der Waals surface area (Å²) in [4.78, 5) is 9.23. The van der Waals surface area contributed by atoms with Crippen LogP contribution < -0.4 is 0 Å². The molecule has 0 radical (unpaired) electrons. The van der Waals surface area contributed by atoms with Crippen LogP contribution in [0.15, 0.2) is 53.3 Å². The first-order chi connectivity index (χ1) is 10.3. The Labute approximate surface area is 134 Å². The van der Waals surface area contributed by atoms with Gasteiger partial charge in [0.05, 0.1) is 0 Å². The van der Waals surface area contributed by atoms with Crippen molar-refractivity contribution in [1.29, 1.82) is 0 Å². The molecule has 2 aromatic rings. The Morgan fingerprint density at radius 1 is 0.857 bits per heavy atom. The highest BCUT2D eigenvalue weighted by Gasteiger charge is 2.16. The van der Waals surface area contributed by atoms with Crippen molar-refractivity contribution in [3.8, 4) is 0 Å². The molecule has 0 saturated carbocycles. The fraction of sp³-hybridized carbons (Fsp3) is 0.353. The maximum absolute atomic E-state index is 4.19. The number of hydrogen-bond donors (Lipinski definition) is 0. The SMILES string of the molecule is Brc1ccc(CN2CCN(Cc3cccnc3)CC2)cc1. The highest BCUT2D eigenvalue weighted by atomic mass is 79.9. The average Bonchev–Trinajstić information content (AvgIpc) is 2.53. The number of aromatic nitrogens is 1. The van der Waals surface area contributed by atoms with E-state index in [9.17, 15) is 0 Å². The first kappa shape index (κ1) is 14.7. The molecule has 0 unspecified atom stereocenters. The molecule has 1 saturated heterocycles. The number of benzene rings is 1. The molecule has 0 atom stereocenters. The fourth-order valence-corrected chi connectivity index (χ4v) is 2.97.